The van der Waals surface area contributed by atoms with Gasteiger partial charge in [0.05, 0.1) is 25.4 Å². The van der Waals surface area contributed by atoms with Gasteiger partial charge in [-0.2, -0.15) is 0 Å². The second kappa shape index (κ2) is 4.52. The van der Waals surface area contributed by atoms with Gasteiger partial charge < -0.3 is 15.2 Å². The Morgan fingerprint density at radius 2 is 1.65 bits per heavy atom. The van der Waals surface area contributed by atoms with Crippen molar-refractivity contribution in [3.05, 3.63) is 0 Å². The minimum Gasteiger partial charge on any atom is -0.389 e. The van der Waals surface area contributed by atoms with Crippen LogP contribution in [0.2, 0.25) is 0 Å². The number of ether oxygens (including phenoxy) is 1. The van der Waals surface area contributed by atoms with Gasteiger partial charge in [0, 0.05) is 6.04 Å². The average Bonchev–Trinajstić information content (AvgIpc) is 2.45. The van der Waals surface area contributed by atoms with Gasteiger partial charge in [-0.15, -0.1) is 0 Å². The fourth-order valence-electron chi connectivity index (χ4n) is 3.97. The predicted octanol–water partition coefficient (Wildman–Crippen LogP) is 1.94. The SMILES string of the molecule is CC1(C)CC(NC2COCC2O)CC(C)(C)C1. The third kappa shape index (κ3) is 3.43. The Labute approximate surface area is 105 Å². The van der Waals surface area contributed by atoms with Gasteiger partial charge >= 0.3 is 0 Å². The molecule has 1 heterocycles. The van der Waals surface area contributed by atoms with Crippen molar-refractivity contribution in [3.63, 3.8) is 0 Å². The van der Waals surface area contributed by atoms with Crippen molar-refractivity contribution in [2.24, 2.45) is 10.8 Å². The van der Waals surface area contributed by atoms with E-state index in [1.165, 1.54) is 19.3 Å². The highest BCUT2D eigenvalue weighted by Gasteiger charge is 2.40. The molecule has 2 atom stereocenters. The number of nitrogens with one attached hydrogen (secondary N) is 1. The summed E-state index contributed by atoms with van der Waals surface area (Å²) >= 11 is 0. The molecule has 1 saturated carbocycles. The van der Waals surface area contributed by atoms with Crippen molar-refractivity contribution >= 4 is 0 Å². The van der Waals surface area contributed by atoms with Gasteiger partial charge in [-0.05, 0) is 30.1 Å². The molecule has 0 bridgehead atoms. The van der Waals surface area contributed by atoms with Crippen LogP contribution in [0, 0.1) is 10.8 Å². The zero-order valence-corrected chi connectivity index (χ0v) is 11.6. The van der Waals surface area contributed by atoms with Crippen LogP contribution in [0.3, 0.4) is 0 Å². The summed E-state index contributed by atoms with van der Waals surface area (Å²) in [5, 5.41) is 13.4. The fraction of sp³-hybridized carbons (Fsp3) is 1.00. The molecular weight excluding hydrogens is 214 g/mol. The lowest BCUT2D eigenvalue weighted by Gasteiger charge is -2.46. The minimum atomic E-state index is -0.330. The lowest BCUT2D eigenvalue weighted by atomic mass is 9.63. The van der Waals surface area contributed by atoms with E-state index in [2.05, 4.69) is 33.0 Å². The molecule has 0 spiro atoms. The van der Waals surface area contributed by atoms with E-state index in [0.29, 0.717) is 30.1 Å². The van der Waals surface area contributed by atoms with Crippen LogP contribution in [0.4, 0.5) is 0 Å². The molecule has 0 radical (unpaired) electrons. The lowest BCUT2D eigenvalue weighted by Crippen LogP contribution is -2.50. The van der Waals surface area contributed by atoms with Gasteiger partial charge in [-0.1, -0.05) is 27.7 Å². The van der Waals surface area contributed by atoms with E-state index < -0.39 is 0 Å². The fourth-order valence-corrected chi connectivity index (χ4v) is 3.97. The van der Waals surface area contributed by atoms with Crippen LogP contribution < -0.4 is 5.32 Å². The van der Waals surface area contributed by atoms with Gasteiger partial charge in [-0.25, -0.2) is 0 Å². The highest BCUT2D eigenvalue weighted by atomic mass is 16.5. The molecule has 1 saturated heterocycles. The number of rotatable bonds is 2. The van der Waals surface area contributed by atoms with Crippen LogP contribution in [-0.4, -0.2) is 36.5 Å². The lowest BCUT2D eigenvalue weighted by molar-refractivity contribution is 0.0691. The van der Waals surface area contributed by atoms with Crippen molar-refractivity contribution < 1.29 is 9.84 Å². The summed E-state index contributed by atoms with van der Waals surface area (Å²) in [6.45, 7) is 10.5. The van der Waals surface area contributed by atoms with E-state index in [0.717, 1.165) is 0 Å². The molecule has 0 aromatic rings. The summed E-state index contributed by atoms with van der Waals surface area (Å²) in [7, 11) is 0. The first-order valence-electron chi connectivity index (χ1n) is 6.79. The Kier molecular flexibility index (Phi) is 3.54. The van der Waals surface area contributed by atoms with Crippen LogP contribution in [0.25, 0.3) is 0 Å². The third-order valence-corrected chi connectivity index (χ3v) is 4.06. The standard InChI is InChI=1S/C14H27NO2/c1-13(2)5-10(6-14(3,4)9-13)15-11-7-17-8-12(11)16/h10-12,15-16H,5-9H2,1-4H3. The molecule has 2 aliphatic rings. The first-order chi connectivity index (χ1) is 7.77. The first kappa shape index (κ1) is 13.3. The molecule has 100 valence electrons. The van der Waals surface area contributed by atoms with E-state index in [-0.39, 0.29) is 12.1 Å². The van der Waals surface area contributed by atoms with Crippen LogP contribution >= 0.6 is 0 Å². The molecule has 0 aromatic carbocycles. The molecule has 17 heavy (non-hydrogen) atoms. The van der Waals surface area contributed by atoms with Crippen LogP contribution in [-0.2, 0) is 4.74 Å². The molecule has 0 amide bonds. The monoisotopic (exact) mass is 241 g/mol. The predicted molar refractivity (Wildman–Crippen MR) is 69.0 cm³/mol. The number of aliphatic hydroxyl groups excluding tert-OH is 1. The molecule has 0 aromatic heterocycles. The molecule has 1 aliphatic heterocycles. The highest BCUT2D eigenvalue weighted by Crippen LogP contribution is 2.45. The molecule has 3 nitrogen and oxygen atoms in total. The van der Waals surface area contributed by atoms with E-state index in [4.69, 9.17) is 4.74 Å². The second-order valence-corrected chi connectivity index (χ2v) is 7.49. The smallest absolute Gasteiger partial charge is 0.0948 e. The molecule has 2 unspecified atom stereocenters. The Morgan fingerprint density at radius 3 is 2.12 bits per heavy atom. The number of aliphatic hydroxyl groups is 1. The summed E-state index contributed by atoms with van der Waals surface area (Å²) in [5.41, 5.74) is 0.785. The van der Waals surface area contributed by atoms with Gasteiger partial charge in [-0.3, -0.25) is 0 Å². The van der Waals surface area contributed by atoms with Gasteiger partial charge in [0.1, 0.15) is 0 Å². The number of hydrogen-bond donors (Lipinski definition) is 2. The zero-order valence-electron chi connectivity index (χ0n) is 11.6. The van der Waals surface area contributed by atoms with Crippen LogP contribution in [0.5, 0.6) is 0 Å². The van der Waals surface area contributed by atoms with E-state index >= 15 is 0 Å². The van der Waals surface area contributed by atoms with Crippen molar-refractivity contribution in [2.75, 3.05) is 13.2 Å². The first-order valence-corrected chi connectivity index (χ1v) is 6.79. The maximum Gasteiger partial charge on any atom is 0.0948 e. The van der Waals surface area contributed by atoms with Crippen molar-refractivity contribution in [1.82, 2.24) is 5.32 Å². The molecule has 2 rings (SSSR count). The van der Waals surface area contributed by atoms with Crippen molar-refractivity contribution in [2.45, 2.75) is 65.1 Å². The normalized spacial score (nSPS) is 37.2. The minimum absolute atomic E-state index is 0.129. The molecule has 2 fully saturated rings. The van der Waals surface area contributed by atoms with E-state index in [1.807, 2.05) is 0 Å². The van der Waals surface area contributed by atoms with Crippen molar-refractivity contribution in [1.29, 1.82) is 0 Å². The summed E-state index contributed by atoms with van der Waals surface area (Å²) in [6, 6.07) is 0.639. The summed E-state index contributed by atoms with van der Waals surface area (Å²) in [5.74, 6) is 0. The third-order valence-electron chi connectivity index (χ3n) is 4.06. The molecular formula is C14H27NO2. The maximum absolute atomic E-state index is 9.79. The second-order valence-electron chi connectivity index (χ2n) is 7.49. The Morgan fingerprint density at radius 1 is 1.06 bits per heavy atom. The largest absolute Gasteiger partial charge is 0.389 e. The molecule has 3 heteroatoms. The highest BCUT2D eigenvalue weighted by molar-refractivity contribution is 4.95. The van der Waals surface area contributed by atoms with Crippen LogP contribution in [0.1, 0.15) is 47.0 Å². The number of hydrogen-bond acceptors (Lipinski definition) is 3. The maximum atomic E-state index is 9.79. The Bertz CT molecular complexity index is 259. The van der Waals surface area contributed by atoms with Crippen LogP contribution in [0.15, 0.2) is 0 Å². The summed E-state index contributed by atoms with van der Waals surface area (Å²) in [4.78, 5) is 0. The summed E-state index contributed by atoms with van der Waals surface area (Å²) < 4.78 is 5.30. The van der Waals surface area contributed by atoms with E-state index in [1.54, 1.807) is 0 Å². The summed E-state index contributed by atoms with van der Waals surface area (Å²) in [6.07, 6.45) is 3.34. The quantitative estimate of drug-likeness (QED) is 0.776. The topological polar surface area (TPSA) is 41.5 Å². The average molecular weight is 241 g/mol. The van der Waals surface area contributed by atoms with Gasteiger partial charge in [0.25, 0.3) is 0 Å². The zero-order chi connectivity index (χ0) is 12.7. The molecule has 2 N–H and O–H groups in total. The van der Waals surface area contributed by atoms with Gasteiger partial charge in [0.2, 0.25) is 0 Å². The van der Waals surface area contributed by atoms with E-state index in [9.17, 15) is 5.11 Å². The van der Waals surface area contributed by atoms with Gasteiger partial charge in [0.15, 0.2) is 0 Å². The van der Waals surface area contributed by atoms with Crippen molar-refractivity contribution in [3.8, 4) is 0 Å². The Hall–Kier alpha value is -0.120. The Balaban J connectivity index is 1.96. The molecule has 1 aliphatic carbocycles.